The molecule has 1 aliphatic heterocycles. The molecule has 0 bridgehead atoms. The third kappa shape index (κ3) is 3.23. The number of nitrogens with zero attached hydrogens (tertiary/aromatic N) is 1. The zero-order chi connectivity index (χ0) is 13.8. The minimum Gasteiger partial charge on any atom is -0.494 e. The number of hydrogen-bond acceptors (Lipinski definition) is 4. The number of likely N-dealkylation sites (N-methyl/N-ethyl adjacent to an activating group) is 2. The van der Waals surface area contributed by atoms with Gasteiger partial charge in [0, 0.05) is 13.1 Å². The summed E-state index contributed by atoms with van der Waals surface area (Å²) >= 11 is 0. The van der Waals surface area contributed by atoms with Crippen LogP contribution in [-0.2, 0) is 4.74 Å². The number of hydrogen-bond donors (Lipinski definition) is 1. The fourth-order valence-corrected chi connectivity index (χ4v) is 2.46. The molecule has 1 heterocycles. The second-order valence-electron chi connectivity index (χ2n) is 4.83. The van der Waals surface area contributed by atoms with Crippen molar-refractivity contribution < 1.29 is 13.9 Å². The lowest BCUT2D eigenvalue weighted by molar-refractivity contribution is -0.0380. The van der Waals surface area contributed by atoms with E-state index in [1.165, 1.54) is 13.2 Å². The van der Waals surface area contributed by atoms with Gasteiger partial charge in [0.15, 0.2) is 11.6 Å². The molecule has 5 heteroatoms. The number of methoxy groups -OCH3 is 1. The van der Waals surface area contributed by atoms with E-state index >= 15 is 0 Å². The fourth-order valence-electron chi connectivity index (χ4n) is 2.46. The molecule has 1 aromatic carbocycles. The maximum absolute atomic E-state index is 13.8. The SMILES string of the molecule is CNC(c1ccc(OC)c(F)c1)C1CN(C)CCO1. The second kappa shape index (κ2) is 6.32. The maximum atomic E-state index is 13.8. The van der Waals surface area contributed by atoms with Crippen LogP contribution in [0.25, 0.3) is 0 Å². The summed E-state index contributed by atoms with van der Waals surface area (Å²) < 4.78 is 24.5. The van der Waals surface area contributed by atoms with Crippen LogP contribution in [0.1, 0.15) is 11.6 Å². The first-order valence-corrected chi connectivity index (χ1v) is 6.46. The Hall–Kier alpha value is -1.17. The largest absolute Gasteiger partial charge is 0.494 e. The molecule has 2 unspecified atom stereocenters. The molecule has 106 valence electrons. The first kappa shape index (κ1) is 14.2. The predicted molar refractivity (Wildman–Crippen MR) is 72.0 cm³/mol. The Balaban J connectivity index is 2.19. The van der Waals surface area contributed by atoms with E-state index in [1.54, 1.807) is 6.07 Å². The molecule has 0 amide bonds. The van der Waals surface area contributed by atoms with Gasteiger partial charge in [-0.15, -0.1) is 0 Å². The summed E-state index contributed by atoms with van der Waals surface area (Å²) in [5.74, 6) is -0.0790. The average molecular weight is 268 g/mol. The summed E-state index contributed by atoms with van der Waals surface area (Å²) in [5.41, 5.74) is 0.876. The summed E-state index contributed by atoms with van der Waals surface area (Å²) in [6, 6.07) is 5.02. The van der Waals surface area contributed by atoms with Gasteiger partial charge in [0.2, 0.25) is 0 Å². The zero-order valence-electron chi connectivity index (χ0n) is 11.6. The molecule has 2 rings (SSSR count). The van der Waals surface area contributed by atoms with Crippen molar-refractivity contribution in [3.8, 4) is 5.75 Å². The molecule has 0 aliphatic carbocycles. The van der Waals surface area contributed by atoms with Gasteiger partial charge in [-0.3, -0.25) is 0 Å². The van der Waals surface area contributed by atoms with Crippen LogP contribution >= 0.6 is 0 Å². The number of benzene rings is 1. The highest BCUT2D eigenvalue weighted by molar-refractivity contribution is 5.31. The molecule has 0 saturated carbocycles. The highest BCUT2D eigenvalue weighted by atomic mass is 19.1. The Kier molecular flexibility index (Phi) is 4.74. The highest BCUT2D eigenvalue weighted by Gasteiger charge is 2.27. The normalized spacial score (nSPS) is 22.2. The number of ether oxygens (including phenoxy) is 2. The summed E-state index contributed by atoms with van der Waals surface area (Å²) in [7, 11) is 5.40. The summed E-state index contributed by atoms with van der Waals surface area (Å²) in [5, 5.41) is 3.21. The molecule has 0 radical (unpaired) electrons. The smallest absolute Gasteiger partial charge is 0.165 e. The molecule has 0 spiro atoms. The van der Waals surface area contributed by atoms with E-state index in [-0.39, 0.29) is 23.7 Å². The van der Waals surface area contributed by atoms with Crippen LogP contribution in [-0.4, -0.2) is 51.9 Å². The minimum atomic E-state index is -0.343. The molecule has 1 fully saturated rings. The molecule has 1 aliphatic rings. The Morgan fingerprint density at radius 1 is 1.53 bits per heavy atom. The molecule has 2 atom stereocenters. The summed E-state index contributed by atoms with van der Waals surface area (Å²) in [4.78, 5) is 2.22. The van der Waals surface area contributed by atoms with Gasteiger partial charge in [-0.25, -0.2) is 4.39 Å². The molecular formula is C14H21FN2O2. The van der Waals surface area contributed by atoms with Crippen LogP contribution in [0.4, 0.5) is 4.39 Å². The minimum absolute atomic E-state index is 0.0246. The van der Waals surface area contributed by atoms with E-state index < -0.39 is 0 Å². The predicted octanol–water partition coefficient (Wildman–Crippen LogP) is 1.43. The van der Waals surface area contributed by atoms with E-state index in [1.807, 2.05) is 13.1 Å². The van der Waals surface area contributed by atoms with Crippen LogP contribution in [0.3, 0.4) is 0 Å². The van der Waals surface area contributed by atoms with Gasteiger partial charge in [0.1, 0.15) is 0 Å². The molecular weight excluding hydrogens is 247 g/mol. The number of morpholine rings is 1. The van der Waals surface area contributed by atoms with Crippen LogP contribution in [0.5, 0.6) is 5.75 Å². The van der Waals surface area contributed by atoms with Crippen LogP contribution in [0, 0.1) is 5.82 Å². The third-order valence-corrected chi connectivity index (χ3v) is 3.51. The van der Waals surface area contributed by atoms with Crippen LogP contribution in [0.15, 0.2) is 18.2 Å². The van der Waals surface area contributed by atoms with E-state index in [0.717, 1.165) is 18.7 Å². The molecule has 0 aromatic heterocycles. The van der Waals surface area contributed by atoms with Crippen LogP contribution < -0.4 is 10.1 Å². The monoisotopic (exact) mass is 268 g/mol. The van der Waals surface area contributed by atoms with Gasteiger partial charge in [0.05, 0.1) is 25.9 Å². The van der Waals surface area contributed by atoms with Crippen molar-refractivity contribution in [3.05, 3.63) is 29.6 Å². The molecule has 4 nitrogen and oxygen atoms in total. The molecule has 19 heavy (non-hydrogen) atoms. The van der Waals surface area contributed by atoms with E-state index in [9.17, 15) is 4.39 Å². The first-order valence-electron chi connectivity index (χ1n) is 6.46. The molecule has 1 aromatic rings. The highest BCUT2D eigenvalue weighted by Crippen LogP contribution is 2.26. The number of nitrogens with one attached hydrogen (secondary N) is 1. The van der Waals surface area contributed by atoms with Gasteiger partial charge in [-0.1, -0.05) is 6.07 Å². The van der Waals surface area contributed by atoms with Gasteiger partial charge in [-0.05, 0) is 31.8 Å². The number of rotatable bonds is 4. The Morgan fingerprint density at radius 2 is 2.32 bits per heavy atom. The quantitative estimate of drug-likeness (QED) is 0.895. The van der Waals surface area contributed by atoms with Crippen molar-refractivity contribution in [1.29, 1.82) is 0 Å². The van der Waals surface area contributed by atoms with E-state index in [0.29, 0.717) is 6.61 Å². The third-order valence-electron chi connectivity index (χ3n) is 3.51. The van der Waals surface area contributed by atoms with Crippen molar-refractivity contribution in [3.63, 3.8) is 0 Å². The van der Waals surface area contributed by atoms with Gasteiger partial charge < -0.3 is 19.7 Å². The lowest BCUT2D eigenvalue weighted by Crippen LogP contribution is -2.46. The topological polar surface area (TPSA) is 33.7 Å². The Bertz CT molecular complexity index is 428. The van der Waals surface area contributed by atoms with Crippen molar-refractivity contribution >= 4 is 0 Å². The Morgan fingerprint density at radius 3 is 2.89 bits per heavy atom. The molecule has 1 saturated heterocycles. The van der Waals surface area contributed by atoms with Gasteiger partial charge in [0.25, 0.3) is 0 Å². The Labute approximate surface area is 113 Å². The van der Waals surface area contributed by atoms with Crippen LogP contribution in [0.2, 0.25) is 0 Å². The average Bonchev–Trinajstić information content (AvgIpc) is 2.40. The van der Waals surface area contributed by atoms with Gasteiger partial charge in [-0.2, -0.15) is 0 Å². The zero-order valence-corrected chi connectivity index (χ0v) is 11.6. The second-order valence-corrected chi connectivity index (χ2v) is 4.83. The van der Waals surface area contributed by atoms with Gasteiger partial charge >= 0.3 is 0 Å². The van der Waals surface area contributed by atoms with Crippen molar-refractivity contribution in [2.45, 2.75) is 12.1 Å². The maximum Gasteiger partial charge on any atom is 0.165 e. The van der Waals surface area contributed by atoms with Crippen molar-refractivity contribution in [2.24, 2.45) is 0 Å². The lowest BCUT2D eigenvalue weighted by atomic mass is 10.00. The lowest BCUT2D eigenvalue weighted by Gasteiger charge is -2.35. The van der Waals surface area contributed by atoms with Crippen molar-refractivity contribution in [1.82, 2.24) is 10.2 Å². The summed E-state index contributed by atoms with van der Waals surface area (Å²) in [6.45, 7) is 2.47. The number of halogens is 1. The fraction of sp³-hybridized carbons (Fsp3) is 0.571. The van der Waals surface area contributed by atoms with Crippen molar-refractivity contribution in [2.75, 3.05) is 40.9 Å². The van der Waals surface area contributed by atoms with E-state index in [2.05, 4.69) is 17.3 Å². The van der Waals surface area contributed by atoms with E-state index in [4.69, 9.17) is 9.47 Å². The summed E-state index contributed by atoms with van der Waals surface area (Å²) in [6.07, 6.45) is 0.0246. The standard InChI is InChI=1S/C14H21FN2O2/c1-16-14(13-9-17(2)6-7-19-13)10-4-5-12(18-3)11(15)8-10/h4-5,8,13-14,16H,6-7,9H2,1-3H3. The first-order chi connectivity index (χ1) is 9.15. The molecule has 1 N–H and O–H groups in total.